The lowest BCUT2D eigenvalue weighted by molar-refractivity contribution is 0.101. The molecule has 0 unspecified atom stereocenters. The molecule has 0 bridgehead atoms. The van der Waals surface area contributed by atoms with E-state index in [-0.39, 0.29) is 5.78 Å². The molecule has 0 aliphatic heterocycles. The SMILES string of the molecule is CC(=O)c1cnn(-c2nccc3ccsc23)c1. The van der Waals surface area contributed by atoms with Crippen LogP contribution < -0.4 is 0 Å². The standard InChI is InChI=1S/C12H9N3OS/c1-8(16)10-6-14-15(7-10)12-11-9(2-4-13-12)3-5-17-11/h2-7H,1H3. The second kappa shape index (κ2) is 3.78. The van der Waals surface area contributed by atoms with Crippen molar-refractivity contribution >= 4 is 27.2 Å². The van der Waals surface area contributed by atoms with Crippen molar-refractivity contribution < 1.29 is 4.79 Å². The number of hydrogen-bond acceptors (Lipinski definition) is 4. The number of carbonyl (C=O) groups is 1. The molecule has 0 saturated carbocycles. The van der Waals surface area contributed by atoms with Crippen LogP contribution in [0.2, 0.25) is 0 Å². The Morgan fingerprint density at radius 3 is 3.06 bits per heavy atom. The molecular formula is C12H9N3OS. The number of nitrogens with zero attached hydrogens (tertiary/aromatic N) is 3. The number of pyridine rings is 1. The Morgan fingerprint density at radius 1 is 1.41 bits per heavy atom. The Bertz CT molecular complexity index is 698. The molecule has 0 atom stereocenters. The quantitative estimate of drug-likeness (QED) is 0.650. The summed E-state index contributed by atoms with van der Waals surface area (Å²) < 4.78 is 2.72. The van der Waals surface area contributed by atoms with Crippen molar-refractivity contribution in [3.05, 3.63) is 41.7 Å². The largest absolute Gasteiger partial charge is 0.294 e. The van der Waals surface area contributed by atoms with Crippen molar-refractivity contribution in [1.82, 2.24) is 14.8 Å². The van der Waals surface area contributed by atoms with E-state index in [0.29, 0.717) is 5.56 Å². The van der Waals surface area contributed by atoms with Gasteiger partial charge < -0.3 is 0 Å². The summed E-state index contributed by atoms with van der Waals surface area (Å²) in [6.07, 6.45) is 5.03. The van der Waals surface area contributed by atoms with Gasteiger partial charge >= 0.3 is 0 Å². The van der Waals surface area contributed by atoms with Crippen LogP contribution in [-0.2, 0) is 0 Å². The molecule has 0 radical (unpaired) electrons. The first-order valence-corrected chi connectivity index (χ1v) is 6.02. The van der Waals surface area contributed by atoms with Gasteiger partial charge in [-0.2, -0.15) is 5.10 Å². The first-order chi connectivity index (χ1) is 8.25. The Morgan fingerprint density at radius 2 is 2.29 bits per heavy atom. The van der Waals surface area contributed by atoms with E-state index >= 15 is 0 Å². The molecule has 3 heterocycles. The third-order valence-corrected chi connectivity index (χ3v) is 3.48. The third-order valence-electron chi connectivity index (χ3n) is 2.56. The Balaban J connectivity index is 2.19. The van der Waals surface area contributed by atoms with Crippen LogP contribution in [0.5, 0.6) is 0 Å². The highest BCUT2D eigenvalue weighted by Crippen LogP contribution is 2.25. The van der Waals surface area contributed by atoms with Crippen molar-refractivity contribution in [2.75, 3.05) is 0 Å². The first-order valence-electron chi connectivity index (χ1n) is 5.14. The molecule has 0 aliphatic carbocycles. The summed E-state index contributed by atoms with van der Waals surface area (Å²) in [5.41, 5.74) is 0.598. The molecule has 3 rings (SSSR count). The smallest absolute Gasteiger partial charge is 0.171 e. The molecule has 0 saturated heterocycles. The zero-order valence-corrected chi connectivity index (χ0v) is 9.94. The molecule has 0 aliphatic rings. The maximum atomic E-state index is 11.2. The van der Waals surface area contributed by atoms with E-state index < -0.39 is 0 Å². The van der Waals surface area contributed by atoms with E-state index in [1.54, 1.807) is 34.6 Å². The number of aromatic nitrogens is 3. The molecule has 3 aromatic rings. The van der Waals surface area contributed by atoms with Gasteiger partial charge in [-0.1, -0.05) is 0 Å². The van der Waals surface area contributed by atoms with Crippen molar-refractivity contribution in [1.29, 1.82) is 0 Å². The van der Waals surface area contributed by atoms with Gasteiger partial charge in [0.1, 0.15) is 0 Å². The summed E-state index contributed by atoms with van der Waals surface area (Å²) in [7, 11) is 0. The lowest BCUT2D eigenvalue weighted by Gasteiger charge is -2.00. The Kier molecular flexibility index (Phi) is 2.26. The van der Waals surface area contributed by atoms with Crippen LogP contribution >= 0.6 is 11.3 Å². The van der Waals surface area contributed by atoms with E-state index in [4.69, 9.17) is 0 Å². The predicted molar refractivity (Wildman–Crippen MR) is 66.7 cm³/mol. The molecule has 0 fully saturated rings. The van der Waals surface area contributed by atoms with Gasteiger partial charge in [0.25, 0.3) is 0 Å². The van der Waals surface area contributed by atoms with Gasteiger partial charge in [-0.3, -0.25) is 4.79 Å². The fraction of sp³-hybridized carbons (Fsp3) is 0.0833. The number of thiophene rings is 1. The van der Waals surface area contributed by atoms with Crippen molar-refractivity contribution in [2.24, 2.45) is 0 Å². The minimum atomic E-state index is 0.00889. The van der Waals surface area contributed by atoms with Crippen LogP contribution in [0.15, 0.2) is 36.1 Å². The normalized spacial score (nSPS) is 10.9. The predicted octanol–water partition coefficient (Wildman–Crippen LogP) is 2.68. The van der Waals surface area contributed by atoms with E-state index in [1.807, 2.05) is 17.5 Å². The monoisotopic (exact) mass is 243 g/mol. The molecule has 0 spiro atoms. The van der Waals surface area contributed by atoms with Gasteiger partial charge in [0.15, 0.2) is 11.6 Å². The lowest BCUT2D eigenvalue weighted by atomic mass is 10.3. The molecule has 0 amide bonds. The molecule has 0 N–H and O–H groups in total. The highest BCUT2D eigenvalue weighted by Gasteiger charge is 2.09. The zero-order valence-electron chi connectivity index (χ0n) is 9.12. The van der Waals surface area contributed by atoms with Crippen LogP contribution in [0, 0.1) is 0 Å². The summed E-state index contributed by atoms with van der Waals surface area (Å²) >= 11 is 1.62. The molecule has 4 nitrogen and oxygen atoms in total. The Labute approximate surface area is 102 Å². The molecule has 5 heteroatoms. The number of rotatable bonds is 2. The number of fused-ring (bicyclic) bond motifs is 1. The van der Waals surface area contributed by atoms with E-state index in [9.17, 15) is 4.79 Å². The summed E-state index contributed by atoms with van der Waals surface area (Å²) in [6.45, 7) is 1.53. The fourth-order valence-electron chi connectivity index (χ4n) is 1.66. The highest BCUT2D eigenvalue weighted by atomic mass is 32.1. The van der Waals surface area contributed by atoms with E-state index in [0.717, 1.165) is 15.9 Å². The van der Waals surface area contributed by atoms with Crippen LogP contribution in [0.4, 0.5) is 0 Å². The molecule has 84 valence electrons. The molecular weight excluding hydrogens is 234 g/mol. The number of hydrogen-bond donors (Lipinski definition) is 0. The van der Waals surface area contributed by atoms with Gasteiger partial charge in [-0.05, 0) is 29.8 Å². The average Bonchev–Trinajstić information content (AvgIpc) is 2.97. The maximum Gasteiger partial charge on any atom is 0.171 e. The van der Waals surface area contributed by atoms with Crippen LogP contribution in [0.3, 0.4) is 0 Å². The minimum absolute atomic E-state index is 0.00889. The first kappa shape index (κ1) is 10.2. The summed E-state index contributed by atoms with van der Waals surface area (Å²) in [5, 5.41) is 7.34. The van der Waals surface area contributed by atoms with Gasteiger partial charge in [0.05, 0.1) is 16.5 Å². The maximum absolute atomic E-state index is 11.2. The number of ketones is 1. The van der Waals surface area contributed by atoms with Crippen LogP contribution in [-0.4, -0.2) is 20.5 Å². The summed E-state index contributed by atoms with van der Waals surface area (Å²) in [4.78, 5) is 15.6. The second-order valence-corrected chi connectivity index (χ2v) is 4.62. The summed E-state index contributed by atoms with van der Waals surface area (Å²) in [5.74, 6) is 0.777. The van der Waals surface area contributed by atoms with Crippen molar-refractivity contribution in [3.8, 4) is 5.82 Å². The van der Waals surface area contributed by atoms with Gasteiger partial charge in [0.2, 0.25) is 0 Å². The third kappa shape index (κ3) is 1.64. The van der Waals surface area contributed by atoms with Gasteiger partial charge in [-0.25, -0.2) is 9.67 Å². The second-order valence-electron chi connectivity index (χ2n) is 3.70. The molecule has 17 heavy (non-hydrogen) atoms. The average molecular weight is 243 g/mol. The van der Waals surface area contributed by atoms with E-state index in [1.165, 1.54) is 6.92 Å². The minimum Gasteiger partial charge on any atom is -0.294 e. The summed E-state index contributed by atoms with van der Waals surface area (Å²) in [6, 6.07) is 4.01. The van der Waals surface area contributed by atoms with Crippen LogP contribution in [0.25, 0.3) is 15.9 Å². The zero-order chi connectivity index (χ0) is 11.8. The van der Waals surface area contributed by atoms with Crippen molar-refractivity contribution in [3.63, 3.8) is 0 Å². The topological polar surface area (TPSA) is 47.8 Å². The van der Waals surface area contributed by atoms with Crippen molar-refractivity contribution in [2.45, 2.75) is 6.92 Å². The molecule has 0 aromatic carbocycles. The van der Waals surface area contributed by atoms with E-state index in [2.05, 4.69) is 10.1 Å². The fourth-order valence-corrected chi connectivity index (χ4v) is 2.54. The molecule has 3 aromatic heterocycles. The van der Waals surface area contributed by atoms with Crippen LogP contribution in [0.1, 0.15) is 17.3 Å². The lowest BCUT2D eigenvalue weighted by Crippen LogP contribution is -1.97. The highest BCUT2D eigenvalue weighted by molar-refractivity contribution is 7.17. The van der Waals surface area contributed by atoms with Gasteiger partial charge in [-0.15, -0.1) is 11.3 Å². The number of carbonyl (C=O) groups excluding carboxylic acids is 1. The van der Waals surface area contributed by atoms with Gasteiger partial charge in [0, 0.05) is 12.4 Å². The number of Topliss-reactive ketones (excluding diaryl/α,β-unsaturated/α-hetero) is 1. The Hall–Kier alpha value is -2.01.